The van der Waals surface area contributed by atoms with Crippen molar-refractivity contribution in [1.82, 2.24) is 19.6 Å². The highest BCUT2D eigenvalue weighted by Gasteiger charge is 2.61. The third-order valence-electron chi connectivity index (χ3n) is 7.41. The zero-order chi connectivity index (χ0) is 19.3. The number of anilines is 1. The van der Waals surface area contributed by atoms with Crippen LogP contribution in [0.1, 0.15) is 50.9 Å². The van der Waals surface area contributed by atoms with Crippen LogP contribution in [0.3, 0.4) is 0 Å². The summed E-state index contributed by atoms with van der Waals surface area (Å²) in [7, 11) is 0. The summed E-state index contributed by atoms with van der Waals surface area (Å²) in [6.07, 6.45) is 4.38. The largest absolute Gasteiger partial charge is 0.482 e. The van der Waals surface area contributed by atoms with Gasteiger partial charge in [-0.25, -0.2) is 4.98 Å². The molecule has 2 atom stereocenters. The average Bonchev–Trinajstić information content (AvgIpc) is 3.25. The van der Waals surface area contributed by atoms with Crippen LogP contribution in [0.5, 0.6) is 5.75 Å². The van der Waals surface area contributed by atoms with Crippen molar-refractivity contribution in [2.75, 3.05) is 11.9 Å². The van der Waals surface area contributed by atoms with Crippen LogP contribution in [-0.4, -0.2) is 32.1 Å². The summed E-state index contributed by atoms with van der Waals surface area (Å²) in [6, 6.07) is 5.74. The van der Waals surface area contributed by atoms with E-state index in [0.29, 0.717) is 23.1 Å². The number of hydrogen-bond acceptors (Lipinski definition) is 5. The summed E-state index contributed by atoms with van der Waals surface area (Å²) < 4.78 is 7.59. The quantitative estimate of drug-likeness (QED) is 0.706. The molecule has 2 bridgehead atoms. The molecule has 0 spiro atoms. The molecule has 0 saturated heterocycles. The molecule has 2 aliphatic carbocycles. The van der Waals surface area contributed by atoms with Gasteiger partial charge in [0.1, 0.15) is 5.75 Å². The molecule has 1 N–H and O–H groups in total. The van der Waals surface area contributed by atoms with Crippen LogP contribution in [-0.2, 0) is 10.2 Å². The lowest BCUT2D eigenvalue weighted by atomic mass is 9.70. The van der Waals surface area contributed by atoms with Crippen LogP contribution in [0.25, 0.3) is 17.0 Å². The first-order valence-corrected chi connectivity index (χ1v) is 9.72. The summed E-state index contributed by atoms with van der Waals surface area (Å²) in [5.74, 6) is 1.61. The summed E-state index contributed by atoms with van der Waals surface area (Å²) in [5, 5.41) is 11.9. The fraction of sp³-hybridized carbons (Fsp3) is 0.429. The molecule has 3 aromatic rings. The molecule has 3 aliphatic rings. The third kappa shape index (κ3) is 1.79. The number of benzene rings is 1. The van der Waals surface area contributed by atoms with Gasteiger partial charge in [0.2, 0.25) is 0 Å². The van der Waals surface area contributed by atoms with Crippen molar-refractivity contribution in [3.05, 3.63) is 35.8 Å². The number of rotatable bonds is 1. The van der Waals surface area contributed by atoms with Crippen molar-refractivity contribution in [2.45, 2.75) is 44.9 Å². The molecule has 1 aromatic carbocycles. The number of ether oxygens (including phenoxy) is 1. The van der Waals surface area contributed by atoms with E-state index in [1.54, 1.807) is 0 Å². The van der Waals surface area contributed by atoms with Crippen molar-refractivity contribution in [3.63, 3.8) is 0 Å². The van der Waals surface area contributed by atoms with E-state index < -0.39 is 0 Å². The number of aromatic nitrogens is 4. The first kappa shape index (κ1) is 16.0. The zero-order valence-electron chi connectivity index (χ0n) is 16.1. The van der Waals surface area contributed by atoms with Gasteiger partial charge in [-0.1, -0.05) is 20.8 Å². The molecular weight excluding hydrogens is 354 g/mol. The van der Waals surface area contributed by atoms with Crippen molar-refractivity contribution in [2.24, 2.45) is 5.41 Å². The second-order valence-corrected chi connectivity index (χ2v) is 8.92. The van der Waals surface area contributed by atoms with Gasteiger partial charge in [-0.05, 0) is 36.5 Å². The first-order valence-electron chi connectivity index (χ1n) is 9.72. The van der Waals surface area contributed by atoms with Crippen molar-refractivity contribution < 1.29 is 9.53 Å². The Kier molecular flexibility index (Phi) is 2.81. The van der Waals surface area contributed by atoms with E-state index in [1.807, 2.05) is 18.2 Å². The highest BCUT2D eigenvalue weighted by Crippen LogP contribution is 2.66. The van der Waals surface area contributed by atoms with E-state index in [-0.39, 0.29) is 23.3 Å². The Hall–Kier alpha value is -2.96. The predicted octanol–water partition coefficient (Wildman–Crippen LogP) is 3.30. The maximum atomic E-state index is 11.6. The summed E-state index contributed by atoms with van der Waals surface area (Å²) in [4.78, 5) is 16.4. The second kappa shape index (κ2) is 4.90. The molecule has 28 heavy (non-hydrogen) atoms. The highest BCUT2D eigenvalue weighted by molar-refractivity contribution is 5.96. The van der Waals surface area contributed by atoms with Gasteiger partial charge in [0.15, 0.2) is 6.61 Å². The Morgan fingerprint density at radius 1 is 1.25 bits per heavy atom. The number of amides is 1. The summed E-state index contributed by atoms with van der Waals surface area (Å²) in [6.45, 7) is 7.10. The summed E-state index contributed by atoms with van der Waals surface area (Å²) >= 11 is 0. The molecular formula is C21H21N5O2. The van der Waals surface area contributed by atoms with Gasteiger partial charge < -0.3 is 10.1 Å². The lowest BCUT2D eigenvalue weighted by molar-refractivity contribution is -0.118. The molecule has 7 heteroatoms. The number of nitrogens with zero attached hydrogens (tertiary/aromatic N) is 4. The minimum Gasteiger partial charge on any atom is -0.482 e. The Morgan fingerprint density at radius 3 is 2.96 bits per heavy atom. The highest BCUT2D eigenvalue weighted by atomic mass is 16.5. The topological polar surface area (TPSA) is 81.4 Å². The number of carbonyl (C=O) groups is 1. The molecule has 1 aliphatic heterocycles. The minimum absolute atomic E-state index is 0.0535. The van der Waals surface area contributed by atoms with Crippen LogP contribution >= 0.6 is 0 Å². The average molecular weight is 375 g/mol. The Morgan fingerprint density at radius 2 is 2.11 bits per heavy atom. The van der Waals surface area contributed by atoms with Gasteiger partial charge in [-0.3, -0.25) is 9.20 Å². The molecule has 1 saturated carbocycles. The second-order valence-electron chi connectivity index (χ2n) is 8.92. The van der Waals surface area contributed by atoms with E-state index in [0.717, 1.165) is 23.4 Å². The maximum absolute atomic E-state index is 11.6. The lowest BCUT2D eigenvalue weighted by Gasteiger charge is -2.34. The van der Waals surface area contributed by atoms with E-state index in [4.69, 9.17) is 9.72 Å². The van der Waals surface area contributed by atoms with Crippen molar-refractivity contribution in [3.8, 4) is 17.0 Å². The van der Waals surface area contributed by atoms with Gasteiger partial charge in [-0.2, -0.15) is 0 Å². The fourth-order valence-electron chi connectivity index (χ4n) is 5.44. The maximum Gasteiger partial charge on any atom is 0.262 e. The van der Waals surface area contributed by atoms with Gasteiger partial charge in [0.05, 0.1) is 22.8 Å². The molecule has 142 valence electrons. The molecule has 2 unspecified atom stereocenters. The molecule has 2 aromatic heterocycles. The molecule has 7 nitrogen and oxygen atoms in total. The monoisotopic (exact) mass is 375 g/mol. The fourth-order valence-corrected chi connectivity index (χ4v) is 5.44. The van der Waals surface area contributed by atoms with E-state index in [9.17, 15) is 4.79 Å². The normalized spacial score (nSPS) is 26.7. The van der Waals surface area contributed by atoms with Crippen LogP contribution in [0.4, 0.5) is 5.69 Å². The van der Waals surface area contributed by atoms with Crippen molar-refractivity contribution in [1.29, 1.82) is 0 Å². The van der Waals surface area contributed by atoms with Gasteiger partial charge >= 0.3 is 0 Å². The lowest BCUT2D eigenvalue weighted by Crippen LogP contribution is -2.32. The molecule has 3 heterocycles. The minimum atomic E-state index is -0.144. The molecule has 6 rings (SSSR count). The van der Waals surface area contributed by atoms with Crippen LogP contribution in [0, 0.1) is 5.41 Å². The van der Waals surface area contributed by atoms with Gasteiger partial charge in [-0.15, -0.1) is 10.2 Å². The standard InChI is InChI=1S/C21H21N5O2/c1-20(2)12-6-7-21(20,3)18-17(12)24-25-19-23-14(9-26(18)19)11-4-5-15-13(8-11)22-16(27)10-28-15/h4-5,8-9,12H,6-7,10H2,1-3H3,(H,22,27). The Balaban J connectivity index is 1.52. The number of hydrogen-bond donors (Lipinski definition) is 1. The van der Waals surface area contributed by atoms with Crippen molar-refractivity contribution >= 4 is 17.4 Å². The van der Waals surface area contributed by atoms with Crippen LogP contribution in [0.15, 0.2) is 24.4 Å². The van der Waals surface area contributed by atoms with E-state index >= 15 is 0 Å². The zero-order valence-corrected chi connectivity index (χ0v) is 16.1. The predicted molar refractivity (Wildman–Crippen MR) is 103 cm³/mol. The first-order chi connectivity index (χ1) is 13.4. The number of nitrogens with one attached hydrogen (secondary N) is 1. The Labute approximate surface area is 162 Å². The van der Waals surface area contributed by atoms with Crippen LogP contribution in [0.2, 0.25) is 0 Å². The smallest absolute Gasteiger partial charge is 0.262 e. The number of fused-ring (bicyclic) bond motifs is 8. The molecule has 1 amide bonds. The SMILES string of the molecule is CC12CCC(c3nnc4nc(-c5ccc6c(c5)NC(=O)CO6)cn4c31)C2(C)C. The van der Waals surface area contributed by atoms with E-state index in [2.05, 4.69) is 46.9 Å². The molecule has 0 radical (unpaired) electrons. The number of imidazole rings is 1. The van der Waals surface area contributed by atoms with Crippen LogP contribution < -0.4 is 10.1 Å². The molecule has 1 fully saturated rings. The summed E-state index contributed by atoms with van der Waals surface area (Å²) in [5.41, 5.74) is 5.01. The van der Waals surface area contributed by atoms with Gasteiger partial charge in [0.25, 0.3) is 11.7 Å². The third-order valence-corrected chi connectivity index (χ3v) is 7.41. The van der Waals surface area contributed by atoms with E-state index in [1.165, 1.54) is 12.1 Å². The number of carbonyl (C=O) groups excluding carboxylic acids is 1. The van der Waals surface area contributed by atoms with Gasteiger partial charge in [0, 0.05) is 23.1 Å². The Bertz CT molecular complexity index is 1180.